The van der Waals surface area contributed by atoms with Gasteiger partial charge in [-0.2, -0.15) is 4.98 Å². The number of nitrogens with one attached hydrogen (secondary N) is 3. The fraction of sp³-hybridized carbons (Fsp3) is 0.370. The first-order valence-electron chi connectivity index (χ1n) is 12.0. The molecule has 9 heteroatoms. The first-order valence-corrected chi connectivity index (χ1v) is 12.0. The van der Waals surface area contributed by atoms with Gasteiger partial charge in [0.2, 0.25) is 5.95 Å². The van der Waals surface area contributed by atoms with Gasteiger partial charge in [-0.1, -0.05) is 6.07 Å². The minimum absolute atomic E-state index is 0.452. The third-order valence-corrected chi connectivity index (χ3v) is 5.27. The molecule has 0 saturated heterocycles. The summed E-state index contributed by atoms with van der Waals surface area (Å²) in [6, 6.07) is 15.1. The normalized spacial score (nSPS) is 13.1. The Morgan fingerprint density at radius 2 is 1.75 bits per heavy atom. The van der Waals surface area contributed by atoms with Crippen LogP contribution in [-0.4, -0.2) is 42.0 Å². The van der Waals surface area contributed by atoms with Crippen molar-refractivity contribution in [3.8, 4) is 5.75 Å². The van der Waals surface area contributed by atoms with E-state index in [1.54, 1.807) is 7.11 Å². The van der Waals surface area contributed by atoms with Gasteiger partial charge < -0.3 is 24.8 Å². The van der Waals surface area contributed by atoms with Crippen LogP contribution < -0.4 is 20.7 Å². The maximum Gasteiger partial charge on any atom is 0.412 e. The van der Waals surface area contributed by atoms with Crippen LogP contribution >= 0.6 is 0 Å². The van der Waals surface area contributed by atoms with Crippen LogP contribution in [0.15, 0.2) is 54.7 Å². The first kappa shape index (κ1) is 25.2. The molecule has 3 N–H and O–H groups in total. The highest BCUT2D eigenvalue weighted by Gasteiger charge is 2.28. The molecule has 3 aromatic rings. The summed E-state index contributed by atoms with van der Waals surface area (Å²) in [5.74, 6) is 2.44. The van der Waals surface area contributed by atoms with Crippen LogP contribution in [0.25, 0.3) is 0 Å². The van der Waals surface area contributed by atoms with Gasteiger partial charge in [-0.3, -0.25) is 5.32 Å². The summed E-state index contributed by atoms with van der Waals surface area (Å²) in [5, 5.41) is 9.43. The predicted molar refractivity (Wildman–Crippen MR) is 141 cm³/mol. The number of carbonyl (C=O) groups is 1. The summed E-state index contributed by atoms with van der Waals surface area (Å²) in [7, 11) is 1.64. The molecule has 2 aromatic carbocycles. The lowest BCUT2D eigenvalue weighted by molar-refractivity contribution is 0.0636. The molecule has 36 heavy (non-hydrogen) atoms. The number of rotatable bonds is 10. The van der Waals surface area contributed by atoms with Crippen LogP contribution in [0.1, 0.15) is 45.1 Å². The van der Waals surface area contributed by atoms with Crippen molar-refractivity contribution in [3.63, 3.8) is 0 Å². The number of carbonyl (C=O) groups excluding carboxylic acids is 1. The molecule has 9 nitrogen and oxygen atoms in total. The number of anilines is 5. The molecular formula is C27H33N5O4. The number of hydrogen-bond acceptors (Lipinski definition) is 8. The zero-order valence-corrected chi connectivity index (χ0v) is 21.1. The lowest BCUT2D eigenvalue weighted by atomic mass is 10.2. The van der Waals surface area contributed by atoms with Crippen molar-refractivity contribution in [3.05, 3.63) is 60.3 Å². The molecule has 1 aromatic heterocycles. The van der Waals surface area contributed by atoms with Crippen LogP contribution in [-0.2, 0) is 9.47 Å². The lowest BCUT2D eigenvalue weighted by Gasteiger charge is -2.20. The fourth-order valence-electron chi connectivity index (χ4n) is 3.48. The molecule has 4 rings (SSSR count). The van der Waals surface area contributed by atoms with Gasteiger partial charge in [-0.25, -0.2) is 9.78 Å². The standard InChI is InChI=1S/C27H33N5O4/c1-27(2,3)36-26(33)31-21-7-5-6-20(16-21)29-24-23(18-8-9-18)17-28-25(32-24)30-19-10-12-22(13-11-19)35-15-14-34-4/h5-7,10-13,16-18H,8-9,14-15H2,1-4H3,(H,31,33)(H2,28,29,30,32). The monoisotopic (exact) mass is 491 g/mol. The molecule has 0 atom stereocenters. The van der Waals surface area contributed by atoms with Gasteiger partial charge in [0.1, 0.15) is 23.8 Å². The number of methoxy groups -OCH3 is 1. The molecule has 190 valence electrons. The molecule has 1 heterocycles. The first-order chi connectivity index (χ1) is 17.3. The van der Waals surface area contributed by atoms with E-state index in [0.717, 1.165) is 41.3 Å². The Kier molecular flexibility index (Phi) is 7.90. The number of aromatic nitrogens is 2. The number of amides is 1. The van der Waals surface area contributed by atoms with Crippen LogP contribution in [0.3, 0.4) is 0 Å². The minimum atomic E-state index is -0.569. The third-order valence-electron chi connectivity index (χ3n) is 5.27. The van der Waals surface area contributed by atoms with E-state index < -0.39 is 11.7 Å². The second kappa shape index (κ2) is 11.3. The molecule has 1 aliphatic rings. The van der Waals surface area contributed by atoms with Crippen molar-refractivity contribution < 1.29 is 19.0 Å². The van der Waals surface area contributed by atoms with Crippen molar-refractivity contribution in [2.45, 2.75) is 45.1 Å². The van der Waals surface area contributed by atoms with Gasteiger partial charge in [0.15, 0.2) is 0 Å². The molecule has 0 radical (unpaired) electrons. The number of benzene rings is 2. The third kappa shape index (κ3) is 7.58. The van der Waals surface area contributed by atoms with E-state index in [1.807, 2.05) is 75.5 Å². The maximum atomic E-state index is 12.2. The average molecular weight is 492 g/mol. The van der Waals surface area contributed by atoms with Crippen molar-refractivity contribution in [1.29, 1.82) is 0 Å². The SMILES string of the molecule is COCCOc1ccc(Nc2ncc(C3CC3)c(Nc3cccc(NC(=O)OC(C)(C)C)c3)n2)cc1. The van der Waals surface area contributed by atoms with Crippen molar-refractivity contribution >= 4 is 34.9 Å². The zero-order chi connectivity index (χ0) is 25.5. The van der Waals surface area contributed by atoms with E-state index in [2.05, 4.69) is 20.9 Å². The molecular weight excluding hydrogens is 458 g/mol. The largest absolute Gasteiger partial charge is 0.491 e. The highest BCUT2D eigenvalue weighted by molar-refractivity contribution is 5.86. The molecule has 0 spiro atoms. The van der Waals surface area contributed by atoms with E-state index in [-0.39, 0.29) is 0 Å². The Labute approximate surface area is 211 Å². The van der Waals surface area contributed by atoms with Crippen molar-refractivity contribution in [1.82, 2.24) is 9.97 Å². The molecule has 0 bridgehead atoms. The van der Waals surface area contributed by atoms with Gasteiger partial charge in [0.05, 0.1) is 6.61 Å². The van der Waals surface area contributed by atoms with Crippen LogP contribution in [0.2, 0.25) is 0 Å². The highest BCUT2D eigenvalue weighted by atomic mass is 16.6. The van der Waals surface area contributed by atoms with E-state index in [9.17, 15) is 4.79 Å². The van der Waals surface area contributed by atoms with Crippen LogP contribution in [0, 0.1) is 0 Å². The summed E-state index contributed by atoms with van der Waals surface area (Å²) in [6.07, 6.45) is 3.62. The average Bonchev–Trinajstić information content (AvgIpc) is 3.65. The molecule has 0 aliphatic heterocycles. The number of nitrogens with zero attached hydrogens (tertiary/aromatic N) is 2. The summed E-state index contributed by atoms with van der Waals surface area (Å²) < 4.78 is 16.0. The van der Waals surface area contributed by atoms with Crippen LogP contribution in [0.4, 0.5) is 33.6 Å². The molecule has 1 fully saturated rings. The highest BCUT2D eigenvalue weighted by Crippen LogP contribution is 2.43. The molecule has 0 unspecified atom stereocenters. The Morgan fingerprint density at radius 3 is 2.44 bits per heavy atom. The van der Waals surface area contributed by atoms with Gasteiger partial charge in [-0.05, 0) is 82.0 Å². The molecule has 1 aliphatic carbocycles. The quantitative estimate of drug-likeness (QED) is 0.287. The van der Waals surface area contributed by atoms with E-state index >= 15 is 0 Å². The molecule has 1 amide bonds. The minimum Gasteiger partial charge on any atom is -0.491 e. The number of ether oxygens (including phenoxy) is 3. The second-order valence-corrected chi connectivity index (χ2v) is 9.60. The number of hydrogen-bond donors (Lipinski definition) is 3. The summed E-state index contributed by atoms with van der Waals surface area (Å²) in [6.45, 7) is 6.52. The van der Waals surface area contributed by atoms with Gasteiger partial charge in [0, 0.05) is 35.9 Å². The predicted octanol–water partition coefficient (Wildman–Crippen LogP) is 6.21. The maximum absolute atomic E-state index is 12.2. The zero-order valence-electron chi connectivity index (χ0n) is 21.1. The fourth-order valence-corrected chi connectivity index (χ4v) is 3.48. The van der Waals surface area contributed by atoms with E-state index in [0.29, 0.717) is 30.8 Å². The summed E-state index contributed by atoms with van der Waals surface area (Å²) in [5.41, 5.74) is 2.78. The smallest absolute Gasteiger partial charge is 0.412 e. The van der Waals surface area contributed by atoms with Gasteiger partial charge in [-0.15, -0.1) is 0 Å². The Morgan fingerprint density at radius 1 is 1.00 bits per heavy atom. The topological polar surface area (TPSA) is 107 Å². The van der Waals surface area contributed by atoms with Gasteiger partial charge in [0.25, 0.3) is 0 Å². The summed E-state index contributed by atoms with van der Waals surface area (Å²) in [4.78, 5) is 21.4. The molecule has 1 saturated carbocycles. The Bertz CT molecular complexity index is 1170. The van der Waals surface area contributed by atoms with E-state index in [4.69, 9.17) is 19.2 Å². The van der Waals surface area contributed by atoms with Crippen molar-refractivity contribution in [2.75, 3.05) is 36.3 Å². The summed E-state index contributed by atoms with van der Waals surface area (Å²) >= 11 is 0. The second-order valence-electron chi connectivity index (χ2n) is 9.60. The van der Waals surface area contributed by atoms with E-state index in [1.165, 1.54) is 0 Å². The Balaban J connectivity index is 1.46. The van der Waals surface area contributed by atoms with Gasteiger partial charge >= 0.3 is 6.09 Å². The van der Waals surface area contributed by atoms with Crippen molar-refractivity contribution in [2.24, 2.45) is 0 Å². The van der Waals surface area contributed by atoms with Crippen LogP contribution in [0.5, 0.6) is 5.75 Å². The lowest BCUT2D eigenvalue weighted by Crippen LogP contribution is -2.27. The Hall–Kier alpha value is -3.85.